The van der Waals surface area contributed by atoms with Crippen molar-refractivity contribution in [3.8, 4) is 0 Å². The van der Waals surface area contributed by atoms with Crippen molar-refractivity contribution < 1.29 is 14.3 Å². The normalized spacial score (nSPS) is 14.5. The van der Waals surface area contributed by atoms with Gasteiger partial charge in [0.05, 0.1) is 19.0 Å². The van der Waals surface area contributed by atoms with Crippen LogP contribution in [0, 0.1) is 6.92 Å². The van der Waals surface area contributed by atoms with E-state index in [4.69, 9.17) is 4.74 Å². The third-order valence-electron chi connectivity index (χ3n) is 4.37. The van der Waals surface area contributed by atoms with Crippen molar-refractivity contribution in [1.29, 1.82) is 0 Å². The summed E-state index contributed by atoms with van der Waals surface area (Å²) in [5.74, 6) is 0.638. The largest absolute Gasteiger partial charge is 0.379 e. The minimum absolute atomic E-state index is 0.00490. The lowest BCUT2D eigenvalue weighted by Crippen LogP contribution is -2.41. The summed E-state index contributed by atoms with van der Waals surface area (Å²) in [4.78, 5) is 26.6. The summed E-state index contributed by atoms with van der Waals surface area (Å²) in [5, 5.41) is 14.9. The Labute approximate surface area is 178 Å². The molecular formula is C19H25N5O3S2. The predicted molar refractivity (Wildman–Crippen MR) is 115 cm³/mol. The van der Waals surface area contributed by atoms with Crippen molar-refractivity contribution in [2.75, 3.05) is 50.5 Å². The zero-order valence-electron chi connectivity index (χ0n) is 16.3. The molecule has 2 N–H and O–H groups in total. The highest BCUT2D eigenvalue weighted by atomic mass is 32.2. The van der Waals surface area contributed by atoms with Crippen LogP contribution >= 0.6 is 23.1 Å². The Bertz CT molecular complexity index is 824. The van der Waals surface area contributed by atoms with Gasteiger partial charge in [0, 0.05) is 37.6 Å². The monoisotopic (exact) mass is 435 g/mol. The molecule has 2 heterocycles. The zero-order valence-corrected chi connectivity index (χ0v) is 18.0. The molecule has 0 spiro atoms. The molecule has 156 valence electrons. The first-order valence-electron chi connectivity index (χ1n) is 9.46. The van der Waals surface area contributed by atoms with Gasteiger partial charge in [-0.1, -0.05) is 29.5 Å². The number of hydrogen-bond acceptors (Lipinski definition) is 8. The van der Waals surface area contributed by atoms with Crippen LogP contribution in [0.1, 0.15) is 20.4 Å². The van der Waals surface area contributed by atoms with Gasteiger partial charge in [0.25, 0.3) is 5.91 Å². The van der Waals surface area contributed by atoms with Crippen LogP contribution < -0.4 is 10.6 Å². The molecule has 2 amide bonds. The van der Waals surface area contributed by atoms with Gasteiger partial charge in [0.2, 0.25) is 10.9 Å². The molecule has 0 saturated carbocycles. The number of morpholine rings is 1. The van der Waals surface area contributed by atoms with Crippen molar-refractivity contribution in [3.63, 3.8) is 0 Å². The molecular weight excluding hydrogens is 410 g/mol. The third kappa shape index (κ3) is 7.07. The van der Waals surface area contributed by atoms with E-state index in [0.717, 1.165) is 49.1 Å². The SMILES string of the molecule is Cc1ccccc1NC(=O)c1nnc(CSCC(=O)NCCN2CCOCC2)s1. The Morgan fingerprint density at radius 2 is 2.03 bits per heavy atom. The topological polar surface area (TPSA) is 96.5 Å². The lowest BCUT2D eigenvalue weighted by atomic mass is 10.2. The lowest BCUT2D eigenvalue weighted by Gasteiger charge is -2.26. The van der Waals surface area contributed by atoms with Crippen molar-refractivity contribution in [2.45, 2.75) is 12.7 Å². The molecule has 1 aliphatic rings. The van der Waals surface area contributed by atoms with E-state index in [9.17, 15) is 9.59 Å². The Morgan fingerprint density at radius 3 is 2.83 bits per heavy atom. The summed E-state index contributed by atoms with van der Waals surface area (Å²) < 4.78 is 5.31. The number of nitrogens with zero attached hydrogens (tertiary/aromatic N) is 3. The summed E-state index contributed by atoms with van der Waals surface area (Å²) in [6, 6.07) is 7.58. The molecule has 1 aromatic carbocycles. The van der Waals surface area contributed by atoms with E-state index < -0.39 is 0 Å². The molecule has 0 bridgehead atoms. The van der Waals surface area contributed by atoms with Gasteiger partial charge in [-0.05, 0) is 18.6 Å². The molecule has 0 atom stereocenters. The van der Waals surface area contributed by atoms with Crippen molar-refractivity contribution >= 4 is 40.6 Å². The molecule has 0 aliphatic carbocycles. The van der Waals surface area contributed by atoms with E-state index >= 15 is 0 Å². The maximum Gasteiger partial charge on any atom is 0.286 e. The maximum atomic E-state index is 12.3. The standard InChI is InChI=1S/C19H25N5O3S2/c1-14-4-2-3-5-15(14)21-18(26)19-23-22-17(29-19)13-28-12-16(25)20-6-7-24-8-10-27-11-9-24/h2-5H,6-13H2,1H3,(H,20,25)(H,21,26). The van der Waals surface area contributed by atoms with Gasteiger partial charge >= 0.3 is 0 Å². The zero-order chi connectivity index (χ0) is 20.5. The van der Waals surface area contributed by atoms with E-state index in [1.54, 1.807) is 0 Å². The minimum atomic E-state index is -0.270. The molecule has 0 unspecified atom stereocenters. The first kappa shape index (κ1) is 21.7. The molecule has 3 rings (SSSR count). The Hall–Kier alpha value is -2.01. The van der Waals surface area contributed by atoms with Crippen molar-refractivity contribution in [1.82, 2.24) is 20.4 Å². The smallest absolute Gasteiger partial charge is 0.286 e. The Morgan fingerprint density at radius 1 is 1.24 bits per heavy atom. The third-order valence-corrected chi connectivity index (χ3v) is 6.42. The second-order valence-electron chi connectivity index (χ2n) is 6.57. The Kier molecular flexibility index (Phi) is 8.41. The second kappa shape index (κ2) is 11.2. The lowest BCUT2D eigenvalue weighted by molar-refractivity contribution is -0.118. The van der Waals surface area contributed by atoms with Crippen molar-refractivity contribution in [3.05, 3.63) is 39.8 Å². The van der Waals surface area contributed by atoms with Gasteiger partial charge in [0.1, 0.15) is 5.01 Å². The highest BCUT2D eigenvalue weighted by molar-refractivity contribution is 7.99. The number of rotatable bonds is 9. The number of nitrogens with one attached hydrogen (secondary N) is 2. The van der Waals surface area contributed by atoms with Crippen LogP contribution in [-0.2, 0) is 15.3 Å². The van der Waals surface area contributed by atoms with Crippen LogP contribution in [0.5, 0.6) is 0 Å². The number of hydrogen-bond donors (Lipinski definition) is 2. The number of aryl methyl sites for hydroxylation is 1. The predicted octanol–water partition coefficient (Wildman–Crippen LogP) is 1.78. The Balaban J connectivity index is 1.35. The highest BCUT2D eigenvalue weighted by Crippen LogP contribution is 2.19. The van der Waals surface area contributed by atoms with Crippen LogP contribution in [0.15, 0.2) is 24.3 Å². The fraction of sp³-hybridized carbons (Fsp3) is 0.474. The number of thioether (sulfide) groups is 1. The van der Waals surface area contributed by atoms with Gasteiger partial charge in [-0.15, -0.1) is 22.0 Å². The summed E-state index contributed by atoms with van der Waals surface area (Å²) in [6.45, 7) is 6.77. The van der Waals surface area contributed by atoms with Crippen LogP contribution in [0.4, 0.5) is 5.69 Å². The number of amides is 2. The highest BCUT2D eigenvalue weighted by Gasteiger charge is 2.14. The quantitative estimate of drug-likeness (QED) is 0.620. The van der Waals surface area contributed by atoms with Crippen LogP contribution in [0.25, 0.3) is 0 Å². The fourth-order valence-electron chi connectivity index (χ4n) is 2.75. The van der Waals surface area contributed by atoms with Gasteiger partial charge < -0.3 is 15.4 Å². The number of ether oxygens (including phenoxy) is 1. The summed E-state index contributed by atoms with van der Waals surface area (Å²) >= 11 is 2.71. The summed E-state index contributed by atoms with van der Waals surface area (Å²) in [6.07, 6.45) is 0. The van der Waals surface area contributed by atoms with Crippen LogP contribution in [-0.4, -0.2) is 72.1 Å². The number of benzene rings is 1. The molecule has 8 nitrogen and oxygen atoms in total. The summed E-state index contributed by atoms with van der Waals surface area (Å²) in [5.41, 5.74) is 1.75. The number of aromatic nitrogens is 2. The van der Waals surface area contributed by atoms with E-state index in [2.05, 4.69) is 25.7 Å². The van der Waals surface area contributed by atoms with Crippen LogP contribution in [0.3, 0.4) is 0 Å². The molecule has 1 fully saturated rings. The van der Waals surface area contributed by atoms with E-state index in [1.807, 2.05) is 31.2 Å². The second-order valence-corrected chi connectivity index (χ2v) is 8.61. The first-order valence-corrected chi connectivity index (χ1v) is 11.4. The minimum Gasteiger partial charge on any atom is -0.379 e. The van der Waals surface area contributed by atoms with Gasteiger partial charge in [-0.3, -0.25) is 14.5 Å². The molecule has 10 heteroatoms. The van der Waals surface area contributed by atoms with E-state index in [0.29, 0.717) is 23.1 Å². The first-order chi connectivity index (χ1) is 14.1. The van der Waals surface area contributed by atoms with Gasteiger partial charge in [-0.2, -0.15) is 0 Å². The molecule has 1 aromatic heterocycles. The maximum absolute atomic E-state index is 12.3. The number of anilines is 1. The van der Waals surface area contributed by atoms with E-state index in [-0.39, 0.29) is 11.8 Å². The average molecular weight is 436 g/mol. The fourth-order valence-corrected chi connectivity index (χ4v) is 4.39. The number of para-hydroxylation sites is 1. The summed E-state index contributed by atoms with van der Waals surface area (Å²) in [7, 11) is 0. The molecule has 2 aromatic rings. The van der Waals surface area contributed by atoms with Gasteiger partial charge in [0.15, 0.2) is 0 Å². The van der Waals surface area contributed by atoms with Gasteiger partial charge in [-0.25, -0.2) is 0 Å². The van der Waals surface area contributed by atoms with Crippen LogP contribution in [0.2, 0.25) is 0 Å². The van der Waals surface area contributed by atoms with E-state index in [1.165, 1.54) is 23.1 Å². The van der Waals surface area contributed by atoms with Crippen molar-refractivity contribution in [2.24, 2.45) is 0 Å². The molecule has 1 saturated heterocycles. The number of carbonyl (C=O) groups excluding carboxylic acids is 2. The molecule has 0 radical (unpaired) electrons. The number of carbonyl (C=O) groups is 2. The average Bonchev–Trinajstić information content (AvgIpc) is 3.20. The molecule has 1 aliphatic heterocycles. The molecule has 29 heavy (non-hydrogen) atoms.